The molecule has 0 fully saturated rings. The Hall–Kier alpha value is -6.86. The van der Waals surface area contributed by atoms with Gasteiger partial charge in [0, 0.05) is 33.0 Å². The van der Waals surface area contributed by atoms with Crippen LogP contribution in [0.1, 0.15) is 23.0 Å². The standard InChI is InChI=1S/C43H28N6O/c1-4-15-27(16-5-1)40-46-41(28-17-6-2-7-18-28)48-43(47-40)38-39-37(31-22-11-13-26-35(31)50-39)44-42(45-38)32-23-14-25-34-36(32)30-21-10-12-24-33(30)49(34)29-19-8-3-9-20-29/h1-26,40H,(H,46,47,48). The minimum Gasteiger partial charge on any atom is -0.452 e. The summed E-state index contributed by atoms with van der Waals surface area (Å²) in [5.74, 6) is 1.76. The fraction of sp³-hybridized carbons (Fsp3) is 0.0233. The second-order valence-electron chi connectivity index (χ2n) is 12.3. The molecular formula is C43H28N6O. The van der Waals surface area contributed by atoms with E-state index in [1.54, 1.807) is 0 Å². The number of hydrogen-bond donors (Lipinski definition) is 1. The molecule has 0 bridgehead atoms. The maximum Gasteiger partial charge on any atom is 0.183 e. The highest BCUT2D eigenvalue weighted by atomic mass is 16.3. The van der Waals surface area contributed by atoms with Crippen LogP contribution in [0.2, 0.25) is 0 Å². The van der Waals surface area contributed by atoms with Crippen LogP contribution in [0.5, 0.6) is 0 Å². The molecule has 0 aliphatic carbocycles. The predicted octanol–water partition coefficient (Wildman–Crippen LogP) is 9.64. The number of fused-ring (bicyclic) bond motifs is 6. The third-order valence-electron chi connectivity index (χ3n) is 9.29. The number of amidine groups is 2. The largest absolute Gasteiger partial charge is 0.452 e. The summed E-state index contributed by atoms with van der Waals surface area (Å²) >= 11 is 0. The van der Waals surface area contributed by atoms with Crippen molar-refractivity contribution < 1.29 is 4.42 Å². The molecule has 9 aromatic rings. The molecular weight excluding hydrogens is 617 g/mol. The lowest BCUT2D eigenvalue weighted by molar-refractivity contribution is 0.659. The first-order valence-corrected chi connectivity index (χ1v) is 16.6. The zero-order valence-electron chi connectivity index (χ0n) is 26.7. The summed E-state index contributed by atoms with van der Waals surface area (Å²) < 4.78 is 8.83. The molecule has 6 aromatic carbocycles. The van der Waals surface area contributed by atoms with Crippen LogP contribution in [0.25, 0.3) is 61.0 Å². The summed E-state index contributed by atoms with van der Waals surface area (Å²) in [5, 5.41) is 6.66. The molecule has 50 heavy (non-hydrogen) atoms. The minimum atomic E-state index is -0.385. The van der Waals surface area contributed by atoms with Gasteiger partial charge >= 0.3 is 0 Å². The molecule has 0 spiro atoms. The minimum absolute atomic E-state index is 0.385. The van der Waals surface area contributed by atoms with E-state index in [4.69, 9.17) is 24.4 Å². The first-order chi connectivity index (χ1) is 24.8. The van der Waals surface area contributed by atoms with Gasteiger partial charge in [-0.1, -0.05) is 121 Å². The average Bonchev–Trinajstić information content (AvgIpc) is 3.74. The van der Waals surface area contributed by atoms with E-state index < -0.39 is 0 Å². The zero-order chi connectivity index (χ0) is 33.0. The van der Waals surface area contributed by atoms with E-state index in [1.807, 2.05) is 78.9 Å². The van der Waals surface area contributed by atoms with E-state index in [0.717, 1.165) is 60.7 Å². The molecule has 236 valence electrons. The van der Waals surface area contributed by atoms with Crippen LogP contribution < -0.4 is 5.32 Å². The van der Waals surface area contributed by atoms with Gasteiger partial charge < -0.3 is 14.3 Å². The predicted molar refractivity (Wildman–Crippen MR) is 201 cm³/mol. The van der Waals surface area contributed by atoms with Crippen molar-refractivity contribution >= 4 is 55.5 Å². The van der Waals surface area contributed by atoms with E-state index >= 15 is 0 Å². The van der Waals surface area contributed by atoms with Gasteiger partial charge in [-0.05, 0) is 42.0 Å². The van der Waals surface area contributed by atoms with E-state index in [9.17, 15) is 0 Å². The van der Waals surface area contributed by atoms with Crippen LogP contribution in [0.3, 0.4) is 0 Å². The maximum absolute atomic E-state index is 6.53. The highest BCUT2D eigenvalue weighted by Crippen LogP contribution is 2.39. The molecule has 1 N–H and O–H groups in total. The molecule has 0 radical (unpaired) electrons. The first kappa shape index (κ1) is 28.2. The van der Waals surface area contributed by atoms with Crippen LogP contribution in [0.15, 0.2) is 172 Å². The van der Waals surface area contributed by atoms with Gasteiger partial charge in [0.1, 0.15) is 23.1 Å². The summed E-state index contributed by atoms with van der Waals surface area (Å²) in [6, 6.07) is 53.6. The number of furan rings is 1. The number of hydrogen-bond acceptors (Lipinski definition) is 6. The summed E-state index contributed by atoms with van der Waals surface area (Å²) in [4.78, 5) is 20.8. The average molecular weight is 645 g/mol. The third-order valence-corrected chi connectivity index (χ3v) is 9.29. The molecule has 3 aromatic heterocycles. The highest BCUT2D eigenvalue weighted by molar-refractivity contribution is 6.19. The van der Waals surface area contributed by atoms with Crippen molar-refractivity contribution in [3.05, 3.63) is 175 Å². The molecule has 7 nitrogen and oxygen atoms in total. The lowest BCUT2D eigenvalue weighted by Crippen LogP contribution is -2.33. The van der Waals surface area contributed by atoms with E-state index in [-0.39, 0.29) is 6.17 Å². The summed E-state index contributed by atoms with van der Waals surface area (Å²) in [6.07, 6.45) is -0.385. The third kappa shape index (κ3) is 4.52. The van der Waals surface area contributed by atoms with Crippen LogP contribution >= 0.6 is 0 Å². The normalized spacial score (nSPS) is 14.6. The Kier molecular flexibility index (Phi) is 6.42. The Balaban J connectivity index is 1.27. The van der Waals surface area contributed by atoms with E-state index in [2.05, 4.69) is 88.7 Å². The molecule has 0 amide bonds. The topological polar surface area (TPSA) is 80.6 Å². The lowest BCUT2D eigenvalue weighted by atomic mass is 10.1. The molecule has 0 saturated heterocycles. The zero-order valence-corrected chi connectivity index (χ0v) is 26.7. The quantitative estimate of drug-likeness (QED) is 0.202. The van der Waals surface area contributed by atoms with Crippen molar-refractivity contribution in [3.63, 3.8) is 0 Å². The van der Waals surface area contributed by atoms with Gasteiger partial charge in [-0.3, -0.25) is 0 Å². The van der Waals surface area contributed by atoms with Gasteiger partial charge in [-0.15, -0.1) is 0 Å². The molecule has 1 atom stereocenters. The first-order valence-electron chi connectivity index (χ1n) is 16.6. The number of nitrogens with zero attached hydrogens (tertiary/aromatic N) is 5. The van der Waals surface area contributed by atoms with Gasteiger partial charge in [0.05, 0.1) is 11.0 Å². The van der Waals surface area contributed by atoms with Gasteiger partial charge in [0.2, 0.25) is 0 Å². The van der Waals surface area contributed by atoms with Crippen LogP contribution in [0.4, 0.5) is 0 Å². The van der Waals surface area contributed by atoms with Crippen molar-refractivity contribution in [3.8, 4) is 17.1 Å². The second kappa shape index (κ2) is 11.4. The number of rotatable bonds is 5. The molecule has 10 rings (SSSR count). The number of para-hydroxylation sites is 3. The van der Waals surface area contributed by atoms with Crippen LogP contribution in [-0.4, -0.2) is 26.2 Å². The van der Waals surface area contributed by atoms with Crippen molar-refractivity contribution in [1.29, 1.82) is 0 Å². The van der Waals surface area contributed by atoms with Gasteiger partial charge in [-0.25, -0.2) is 20.0 Å². The number of benzene rings is 6. The van der Waals surface area contributed by atoms with E-state index in [0.29, 0.717) is 28.8 Å². The SMILES string of the molecule is c1ccc(C2=NC(c3nc(-c4cccc5c4c4ccccc4n5-c4ccccc4)nc4c3oc3ccccc34)=NC(c3ccccc3)N2)cc1. The van der Waals surface area contributed by atoms with E-state index in [1.165, 1.54) is 0 Å². The second-order valence-corrected chi connectivity index (χ2v) is 12.3. The Morgan fingerprint density at radius 3 is 2.10 bits per heavy atom. The summed E-state index contributed by atoms with van der Waals surface area (Å²) in [6.45, 7) is 0. The Morgan fingerprint density at radius 1 is 0.600 bits per heavy atom. The Labute approximate surface area is 286 Å². The molecule has 0 saturated carbocycles. The monoisotopic (exact) mass is 644 g/mol. The summed E-state index contributed by atoms with van der Waals surface area (Å²) in [5.41, 5.74) is 8.71. The van der Waals surface area contributed by atoms with Gasteiger partial charge in [0.25, 0.3) is 0 Å². The smallest absolute Gasteiger partial charge is 0.183 e. The Morgan fingerprint density at radius 2 is 1.28 bits per heavy atom. The Bertz CT molecular complexity index is 2780. The lowest BCUT2D eigenvalue weighted by Gasteiger charge is -2.23. The highest BCUT2D eigenvalue weighted by Gasteiger charge is 2.27. The van der Waals surface area contributed by atoms with Crippen LogP contribution in [-0.2, 0) is 0 Å². The number of nitrogens with one attached hydrogen (secondary N) is 1. The number of aliphatic imine (C=N–C) groups is 2. The maximum atomic E-state index is 6.53. The van der Waals surface area contributed by atoms with Gasteiger partial charge in [-0.2, -0.15) is 0 Å². The fourth-order valence-corrected chi connectivity index (χ4v) is 7.03. The molecule has 4 heterocycles. The molecule has 1 aliphatic heterocycles. The van der Waals surface area contributed by atoms with Crippen molar-refractivity contribution in [2.75, 3.05) is 0 Å². The summed E-state index contributed by atoms with van der Waals surface area (Å²) in [7, 11) is 0. The fourth-order valence-electron chi connectivity index (χ4n) is 7.03. The molecule has 1 aliphatic rings. The molecule has 1 unspecified atom stereocenters. The van der Waals surface area contributed by atoms with Crippen LogP contribution in [0, 0.1) is 0 Å². The van der Waals surface area contributed by atoms with Gasteiger partial charge in [0.15, 0.2) is 22.9 Å². The number of aromatic nitrogens is 3. The van der Waals surface area contributed by atoms with Crippen molar-refractivity contribution in [1.82, 2.24) is 19.9 Å². The van der Waals surface area contributed by atoms with Crippen molar-refractivity contribution in [2.45, 2.75) is 6.17 Å². The molecule has 7 heteroatoms. The van der Waals surface area contributed by atoms with Crippen molar-refractivity contribution in [2.24, 2.45) is 9.98 Å².